The SMILES string of the molecule is CC(NS(=O)(=O)c1cc(Br)ccc1N)C1CCC1. The molecule has 2 rings (SSSR count). The smallest absolute Gasteiger partial charge is 0.242 e. The molecule has 0 spiro atoms. The molecule has 0 aliphatic heterocycles. The second kappa shape index (κ2) is 5.19. The van der Waals surface area contributed by atoms with Crippen molar-refractivity contribution in [2.75, 3.05) is 5.73 Å². The number of nitrogens with two attached hydrogens (primary N) is 1. The number of benzene rings is 1. The lowest BCUT2D eigenvalue weighted by Gasteiger charge is -2.31. The highest BCUT2D eigenvalue weighted by Crippen LogP contribution is 2.31. The van der Waals surface area contributed by atoms with Gasteiger partial charge in [0.25, 0.3) is 0 Å². The topological polar surface area (TPSA) is 72.2 Å². The second-order valence-electron chi connectivity index (χ2n) is 4.78. The van der Waals surface area contributed by atoms with Crippen LogP contribution in [0.25, 0.3) is 0 Å². The molecule has 1 fully saturated rings. The summed E-state index contributed by atoms with van der Waals surface area (Å²) in [6.07, 6.45) is 3.38. The van der Waals surface area contributed by atoms with Gasteiger partial charge in [0.1, 0.15) is 4.90 Å². The Kier molecular flexibility index (Phi) is 3.99. The summed E-state index contributed by atoms with van der Waals surface area (Å²) >= 11 is 3.26. The summed E-state index contributed by atoms with van der Waals surface area (Å²) in [6.45, 7) is 1.91. The number of halogens is 1. The second-order valence-corrected chi connectivity index (χ2v) is 7.38. The lowest BCUT2D eigenvalue weighted by atomic mass is 9.81. The number of nitrogens with one attached hydrogen (secondary N) is 1. The molecule has 0 aromatic heterocycles. The fourth-order valence-corrected chi connectivity index (χ4v) is 4.07. The molecule has 0 radical (unpaired) electrons. The number of sulfonamides is 1. The van der Waals surface area contributed by atoms with E-state index in [-0.39, 0.29) is 16.6 Å². The van der Waals surface area contributed by atoms with Crippen LogP contribution in [0.3, 0.4) is 0 Å². The summed E-state index contributed by atoms with van der Waals surface area (Å²) < 4.78 is 27.9. The van der Waals surface area contributed by atoms with Crippen LogP contribution in [-0.4, -0.2) is 14.5 Å². The van der Waals surface area contributed by atoms with Crippen molar-refractivity contribution >= 4 is 31.6 Å². The monoisotopic (exact) mass is 332 g/mol. The molecule has 4 nitrogen and oxygen atoms in total. The van der Waals surface area contributed by atoms with Crippen LogP contribution in [0.1, 0.15) is 26.2 Å². The average Bonchev–Trinajstić information content (AvgIpc) is 2.17. The summed E-state index contributed by atoms with van der Waals surface area (Å²) in [5, 5.41) is 0. The number of anilines is 1. The number of nitrogen functional groups attached to an aromatic ring is 1. The van der Waals surface area contributed by atoms with E-state index in [0.29, 0.717) is 10.4 Å². The van der Waals surface area contributed by atoms with E-state index < -0.39 is 10.0 Å². The molecule has 1 aliphatic carbocycles. The van der Waals surface area contributed by atoms with Gasteiger partial charge in [-0.25, -0.2) is 13.1 Å². The van der Waals surface area contributed by atoms with Gasteiger partial charge in [-0.1, -0.05) is 22.4 Å². The molecular weight excluding hydrogens is 316 g/mol. The zero-order valence-electron chi connectivity index (χ0n) is 10.2. The Morgan fingerprint density at radius 2 is 2.11 bits per heavy atom. The van der Waals surface area contributed by atoms with Gasteiger partial charge < -0.3 is 5.73 Å². The van der Waals surface area contributed by atoms with Crippen LogP contribution in [0.2, 0.25) is 0 Å². The van der Waals surface area contributed by atoms with Crippen LogP contribution in [0.4, 0.5) is 5.69 Å². The highest BCUT2D eigenvalue weighted by atomic mass is 79.9. The first-order valence-electron chi connectivity index (χ1n) is 5.97. The average molecular weight is 333 g/mol. The van der Waals surface area contributed by atoms with Crippen LogP contribution in [0, 0.1) is 5.92 Å². The summed E-state index contributed by atoms with van der Waals surface area (Å²) in [7, 11) is -3.54. The first-order valence-corrected chi connectivity index (χ1v) is 8.25. The third-order valence-electron chi connectivity index (χ3n) is 3.46. The molecule has 1 aromatic rings. The van der Waals surface area contributed by atoms with Gasteiger partial charge >= 0.3 is 0 Å². The maximum absolute atomic E-state index is 12.2. The normalized spacial score (nSPS) is 18.3. The first-order chi connectivity index (χ1) is 8.40. The first kappa shape index (κ1) is 13.8. The van der Waals surface area contributed by atoms with Crippen LogP contribution in [0.5, 0.6) is 0 Å². The molecule has 18 heavy (non-hydrogen) atoms. The molecule has 0 saturated heterocycles. The minimum absolute atomic E-state index is 0.0397. The summed E-state index contributed by atoms with van der Waals surface area (Å²) in [4.78, 5) is 0.142. The Bertz CT molecular complexity index is 541. The van der Waals surface area contributed by atoms with E-state index in [1.807, 2.05) is 6.92 Å². The van der Waals surface area contributed by atoms with Crippen molar-refractivity contribution in [2.45, 2.75) is 37.1 Å². The third-order valence-corrected chi connectivity index (χ3v) is 5.57. The van der Waals surface area contributed by atoms with E-state index in [4.69, 9.17) is 5.73 Å². The van der Waals surface area contributed by atoms with Crippen molar-refractivity contribution in [3.8, 4) is 0 Å². The van der Waals surface area contributed by atoms with E-state index in [1.54, 1.807) is 12.1 Å². The number of rotatable bonds is 4. The highest BCUT2D eigenvalue weighted by molar-refractivity contribution is 9.10. The Balaban J connectivity index is 2.21. The molecule has 3 N–H and O–H groups in total. The zero-order valence-corrected chi connectivity index (χ0v) is 12.6. The molecule has 1 atom stereocenters. The van der Waals surface area contributed by atoms with Crippen molar-refractivity contribution in [2.24, 2.45) is 5.92 Å². The minimum Gasteiger partial charge on any atom is -0.398 e. The predicted octanol–water partition coefficient (Wildman–Crippen LogP) is 2.50. The predicted molar refractivity (Wildman–Crippen MR) is 75.7 cm³/mol. The summed E-state index contributed by atoms with van der Waals surface area (Å²) in [6, 6.07) is 4.81. The molecule has 100 valence electrons. The van der Waals surface area contributed by atoms with Gasteiger partial charge in [-0.05, 0) is 43.9 Å². The Hall–Kier alpha value is -0.590. The van der Waals surface area contributed by atoms with E-state index in [0.717, 1.165) is 12.8 Å². The van der Waals surface area contributed by atoms with Crippen LogP contribution in [-0.2, 0) is 10.0 Å². The van der Waals surface area contributed by atoms with Gasteiger partial charge in [0.15, 0.2) is 0 Å². The van der Waals surface area contributed by atoms with Crippen molar-refractivity contribution in [1.29, 1.82) is 0 Å². The summed E-state index contributed by atoms with van der Waals surface area (Å²) in [5.41, 5.74) is 6.00. The Morgan fingerprint density at radius 1 is 1.44 bits per heavy atom. The maximum atomic E-state index is 12.2. The zero-order chi connectivity index (χ0) is 13.3. The minimum atomic E-state index is -3.54. The van der Waals surface area contributed by atoms with E-state index in [9.17, 15) is 8.42 Å². The van der Waals surface area contributed by atoms with Crippen molar-refractivity contribution in [1.82, 2.24) is 4.72 Å². The molecule has 1 aliphatic rings. The van der Waals surface area contributed by atoms with E-state index in [2.05, 4.69) is 20.7 Å². The molecular formula is C12H17BrN2O2S. The van der Waals surface area contributed by atoms with E-state index >= 15 is 0 Å². The summed E-state index contributed by atoms with van der Waals surface area (Å²) in [5.74, 6) is 0.452. The van der Waals surface area contributed by atoms with Gasteiger partial charge in [0.2, 0.25) is 10.0 Å². The largest absolute Gasteiger partial charge is 0.398 e. The van der Waals surface area contributed by atoms with Gasteiger partial charge in [-0.3, -0.25) is 0 Å². The number of hydrogen-bond donors (Lipinski definition) is 2. The fourth-order valence-electron chi connectivity index (χ4n) is 2.09. The van der Waals surface area contributed by atoms with Crippen LogP contribution >= 0.6 is 15.9 Å². The molecule has 0 amide bonds. The van der Waals surface area contributed by atoms with E-state index in [1.165, 1.54) is 12.5 Å². The Morgan fingerprint density at radius 3 is 2.67 bits per heavy atom. The van der Waals surface area contributed by atoms with Gasteiger partial charge in [0.05, 0.1) is 5.69 Å². The highest BCUT2D eigenvalue weighted by Gasteiger charge is 2.28. The van der Waals surface area contributed by atoms with Gasteiger partial charge in [0, 0.05) is 10.5 Å². The molecule has 1 unspecified atom stereocenters. The lowest BCUT2D eigenvalue weighted by molar-refractivity contribution is 0.260. The van der Waals surface area contributed by atoms with Crippen molar-refractivity contribution in [3.05, 3.63) is 22.7 Å². The van der Waals surface area contributed by atoms with Crippen LogP contribution in [0.15, 0.2) is 27.6 Å². The third kappa shape index (κ3) is 2.87. The molecule has 0 bridgehead atoms. The number of hydrogen-bond acceptors (Lipinski definition) is 3. The fraction of sp³-hybridized carbons (Fsp3) is 0.500. The van der Waals surface area contributed by atoms with Crippen molar-refractivity contribution in [3.63, 3.8) is 0 Å². The standard InChI is InChI=1S/C12H17BrN2O2S/c1-8(9-3-2-4-9)15-18(16,17)12-7-10(13)5-6-11(12)14/h5-9,15H,2-4,14H2,1H3. The molecule has 1 saturated carbocycles. The molecule has 0 heterocycles. The van der Waals surface area contributed by atoms with Gasteiger partial charge in [-0.2, -0.15) is 0 Å². The molecule has 6 heteroatoms. The molecule has 1 aromatic carbocycles. The van der Waals surface area contributed by atoms with Gasteiger partial charge in [-0.15, -0.1) is 0 Å². The maximum Gasteiger partial charge on any atom is 0.242 e. The van der Waals surface area contributed by atoms with Crippen molar-refractivity contribution < 1.29 is 8.42 Å². The Labute approximate surface area is 116 Å². The quantitative estimate of drug-likeness (QED) is 0.832. The van der Waals surface area contributed by atoms with Crippen LogP contribution < -0.4 is 10.5 Å². The lowest BCUT2D eigenvalue weighted by Crippen LogP contribution is -2.40.